The number of nitrogens with one attached hydrogen (secondary N) is 1. The molecule has 0 fully saturated rings. The normalized spacial score (nSPS) is 17.8. The van der Waals surface area contributed by atoms with E-state index in [0.29, 0.717) is 17.8 Å². The summed E-state index contributed by atoms with van der Waals surface area (Å²) in [6.45, 7) is 3.94. The first-order valence-electron chi connectivity index (χ1n) is 8.23. The number of halogens is 3. The van der Waals surface area contributed by atoms with Gasteiger partial charge in [-0.3, -0.25) is 4.79 Å². The van der Waals surface area contributed by atoms with Crippen LogP contribution in [0.25, 0.3) is 0 Å². The topological polar surface area (TPSA) is 32.3 Å². The van der Waals surface area contributed by atoms with Gasteiger partial charge in [0.2, 0.25) is 0 Å². The summed E-state index contributed by atoms with van der Waals surface area (Å²) in [6.07, 6.45) is -4.89. The van der Waals surface area contributed by atoms with Gasteiger partial charge in [0.05, 0.1) is 5.56 Å². The Kier molecular flexibility index (Phi) is 4.76. The molecular weight excluding hydrogens is 341 g/mol. The second-order valence-electron chi connectivity index (χ2n) is 6.35. The molecule has 0 saturated heterocycles. The van der Waals surface area contributed by atoms with Crippen LogP contribution in [0.15, 0.2) is 65.7 Å². The summed E-state index contributed by atoms with van der Waals surface area (Å²) < 4.78 is 38.8. The highest BCUT2D eigenvalue weighted by atomic mass is 19.4. The lowest BCUT2D eigenvalue weighted by Crippen LogP contribution is -2.40. The highest BCUT2D eigenvalue weighted by molar-refractivity contribution is 5.97. The maximum Gasteiger partial charge on any atom is 0.416 e. The van der Waals surface area contributed by atoms with Crippen molar-refractivity contribution >= 4 is 11.6 Å². The van der Waals surface area contributed by atoms with Crippen LogP contribution in [0.5, 0.6) is 0 Å². The Balaban J connectivity index is 1.87. The predicted molar refractivity (Wildman–Crippen MR) is 94.2 cm³/mol. The first-order chi connectivity index (χ1) is 12.3. The molecule has 1 heterocycles. The van der Waals surface area contributed by atoms with Crippen LogP contribution < -0.4 is 5.32 Å². The molecule has 3 rings (SSSR count). The summed E-state index contributed by atoms with van der Waals surface area (Å²) in [6, 6.07) is 14.5. The molecule has 1 amide bonds. The molecule has 0 unspecified atom stereocenters. The van der Waals surface area contributed by atoms with Crippen molar-refractivity contribution in [2.24, 2.45) is 0 Å². The van der Waals surface area contributed by atoms with E-state index in [1.165, 1.54) is 6.07 Å². The van der Waals surface area contributed by atoms with E-state index in [1.807, 2.05) is 37.3 Å². The average molecular weight is 360 g/mol. The maximum absolute atomic E-state index is 12.9. The number of hydrogen-bond donors (Lipinski definition) is 1. The molecule has 0 saturated carbocycles. The molecule has 0 spiro atoms. The minimum absolute atomic E-state index is 0.115. The Morgan fingerprint density at radius 2 is 1.73 bits per heavy atom. The number of carbonyl (C=O) groups excluding carboxylic acids is 1. The molecular formula is C20H19F3N2O. The summed E-state index contributed by atoms with van der Waals surface area (Å²) in [7, 11) is 0. The molecule has 6 heteroatoms. The van der Waals surface area contributed by atoms with Crippen molar-refractivity contribution in [2.75, 3.05) is 5.32 Å². The minimum atomic E-state index is -4.41. The molecule has 3 nitrogen and oxygen atoms in total. The van der Waals surface area contributed by atoms with Gasteiger partial charge >= 0.3 is 6.18 Å². The Hall–Kier alpha value is -2.76. The first kappa shape index (κ1) is 18.0. The van der Waals surface area contributed by atoms with Gasteiger partial charge in [-0.05, 0) is 43.2 Å². The monoisotopic (exact) mass is 360 g/mol. The predicted octanol–water partition coefficient (Wildman–Crippen LogP) is 4.82. The first-order valence-corrected chi connectivity index (χ1v) is 8.23. The van der Waals surface area contributed by atoms with Gasteiger partial charge in [0.25, 0.3) is 5.91 Å². The van der Waals surface area contributed by atoms with Crippen LogP contribution in [0.2, 0.25) is 0 Å². The van der Waals surface area contributed by atoms with Crippen LogP contribution >= 0.6 is 0 Å². The second-order valence-corrected chi connectivity index (χ2v) is 6.35. The van der Waals surface area contributed by atoms with E-state index in [0.717, 1.165) is 23.3 Å². The van der Waals surface area contributed by atoms with Gasteiger partial charge in [-0.15, -0.1) is 0 Å². The molecule has 0 aromatic heterocycles. The molecule has 26 heavy (non-hydrogen) atoms. The van der Waals surface area contributed by atoms with E-state index in [-0.39, 0.29) is 5.91 Å². The fraction of sp³-hybridized carbons (Fsp3) is 0.250. The Morgan fingerprint density at radius 1 is 1.04 bits per heavy atom. The largest absolute Gasteiger partial charge is 0.416 e. The van der Waals surface area contributed by atoms with Gasteiger partial charge in [-0.1, -0.05) is 36.4 Å². The van der Waals surface area contributed by atoms with Crippen LogP contribution in [0, 0.1) is 0 Å². The highest BCUT2D eigenvalue weighted by Gasteiger charge is 2.35. The standard InChI is InChI=1S/C20H19F3N2O/c1-13-14(2)19(26)25(12-15-7-4-3-5-8-15)18(13)24-17-10-6-9-16(11-17)20(21,22)23/h3-11,18,24H,12H2,1-2H3/t18-/m1/s1. The van der Waals surface area contributed by atoms with Gasteiger partial charge < -0.3 is 10.2 Å². The van der Waals surface area contributed by atoms with Crippen molar-refractivity contribution in [3.63, 3.8) is 0 Å². The number of rotatable bonds is 4. The van der Waals surface area contributed by atoms with Crippen molar-refractivity contribution in [1.29, 1.82) is 0 Å². The number of anilines is 1. The summed E-state index contributed by atoms with van der Waals surface area (Å²) in [5, 5.41) is 3.08. The van der Waals surface area contributed by atoms with E-state index in [9.17, 15) is 18.0 Å². The zero-order chi connectivity index (χ0) is 18.9. The third-order valence-corrected chi connectivity index (χ3v) is 4.58. The molecule has 1 aliphatic rings. The van der Waals surface area contributed by atoms with E-state index < -0.39 is 17.9 Å². The molecule has 0 radical (unpaired) electrons. The number of hydrogen-bond acceptors (Lipinski definition) is 2. The summed E-state index contributed by atoms with van der Waals surface area (Å²) in [5.41, 5.74) is 1.98. The molecule has 1 atom stereocenters. The maximum atomic E-state index is 12.9. The zero-order valence-electron chi connectivity index (χ0n) is 14.5. The number of nitrogens with zero attached hydrogens (tertiary/aromatic N) is 1. The Morgan fingerprint density at radius 3 is 2.38 bits per heavy atom. The van der Waals surface area contributed by atoms with Crippen LogP contribution in [0.4, 0.5) is 18.9 Å². The molecule has 136 valence electrons. The third-order valence-electron chi connectivity index (χ3n) is 4.58. The molecule has 2 aromatic carbocycles. The summed E-state index contributed by atoms with van der Waals surface area (Å²) in [4.78, 5) is 14.2. The quantitative estimate of drug-likeness (QED) is 0.848. The third kappa shape index (κ3) is 3.59. The molecule has 2 aromatic rings. The fourth-order valence-corrected chi connectivity index (χ4v) is 3.01. The zero-order valence-corrected chi connectivity index (χ0v) is 14.5. The lowest BCUT2D eigenvalue weighted by atomic mass is 10.1. The highest BCUT2D eigenvalue weighted by Crippen LogP contribution is 2.33. The van der Waals surface area contributed by atoms with Gasteiger partial charge in [0.15, 0.2) is 0 Å². The van der Waals surface area contributed by atoms with Crippen LogP contribution in [0.3, 0.4) is 0 Å². The van der Waals surface area contributed by atoms with Crippen molar-refractivity contribution in [3.8, 4) is 0 Å². The van der Waals surface area contributed by atoms with E-state index in [2.05, 4.69) is 5.32 Å². The van der Waals surface area contributed by atoms with Crippen LogP contribution in [0.1, 0.15) is 25.0 Å². The smallest absolute Gasteiger partial charge is 0.362 e. The van der Waals surface area contributed by atoms with Crippen LogP contribution in [-0.4, -0.2) is 17.0 Å². The number of amides is 1. The SMILES string of the molecule is CC1=C(C)[C@H](Nc2cccc(C(F)(F)F)c2)N(Cc2ccccc2)C1=O. The Labute approximate surface area is 150 Å². The number of alkyl halides is 3. The van der Waals surface area contributed by atoms with E-state index in [1.54, 1.807) is 17.9 Å². The van der Waals surface area contributed by atoms with Gasteiger partial charge in [-0.25, -0.2) is 0 Å². The van der Waals surface area contributed by atoms with Gasteiger partial charge in [0.1, 0.15) is 6.17 Å². The van der Waals surface area contributed by atoms with E-state index in [4.69, 9.17) is 0 Å². The van der Waals surface area contributed by atoms with Crippen molar-refractivity contribution < 1.29 is 18.0 Å². The lowest BCUT2D eigenvalue weighted by molar-refractivity contribution is -0.137. The fourth-order valence-electron chi connectivity index (χ4n) is 3.01. The molecule has 1 aliphatic heterocycles. The summed E-state index contributed by atoms with van der Waals surface area (Å²) >= 11 is 0. The molecule has 0 aliphatic carbocycles. The lowest BCUT2D eigenvalue weighted by Gasteiger charge is -2.28. The minimum Gasteiger partial charge on any atom is -0.362 e. The molecule has 1 N–H and O–H groups in total. The Bertz CT molecular complexity index is 844. The van der Waals surface area contributed by atoms with Gasteiger partial charge in [0, 0.05) is 17.8 Å². The van der Waals surface area contributed by atoms with E-state index >= 15 is 0 Å². The van der Waals surface area contributed by atoms with Gasteiger partial charge in [-0.2, -0.15) is 13.2 Å². The second kappa shape index (κ2) is 6.86. The molecule has 0 bridgehead atoms. The van der Waals surface area contributed by atoms with Crippen molar-refractivity contribution in [2.45, 2.75) is 32.7 Å². The van der Waals surface area contributed by atoms with Crippen LogP contribution in [-0.2, 0) is 17.5 Å². The number of benzene rings is 2. The number of carbonyl (C=O) groups is 1. The van der Waals surface area contributed by atoms with Crippen molar-refractivity contribution in [3.05, 3.63) is 76.9 Å². The summed E-state index contributed by atoms with van der Waals surface area (Å²) in [5.74, 6) is -0.115. The van der Waals surface area contributed by atoms with Crippen molar-refractivity contribution in [1.82, 2.24) is 4.90 Å². The average Bonchev–Trinajstić information content (AvgIpc) is 2.80.